The molecule has 1 amide bonds. The summed E-state index contributed by atoms with van der Waals surface area (Å²) in [5.74, 6) is 0.121. The molecule has 1 atom stereocenters. The van der Waals surface area contributed by atoms with Crippen molar-refractivity contribution in [1.82, 2.24) is 10.2 Å². The van der Waals surface area contributed by atoms with E-state index in [2.05, 4.69) is 28.2 Å². The van der Waals surface area contributed by atoms with Gasteiger partial charge in [-0.3, -0.25) is 4.79 Å². The maximum absolute atomic E-state index is 12.2. The Bertz CT molecular complexity index is 394. The Morgan fingerprint density at radius 3 is 3.06 bits per heavy atom. The maximum atomic E-state index is 12.2. The van der Waals surface area contributed by atoms with Crippen LogP contribution in [0.1, 0.15) is 17.3 Å². The van der Waals surface area contributed by atoms with E-state index in [1.807, 2.05) is 29.2 Å². The first-order valence-electron chi connectivity index (χ1n) is 5.46. The van der Waals surface area contributed by atoms with Gasteiger partial charge in [-0.25, -0.2) is 0 Å². The van der Waals surface area contributed by atoms with Gasteiger partial charge in [0, 0.05) is 35.7 Å². The summed E-state index contributed by atoms with van der Waals surface area (Å²) in [5.41, 5.74) is 0.753. The van der Waals surface area contributed by atoms with Crippen LogP contribution in [0.25, 0.3) is 0 Å². The second kappa shape index (κ2) is 4.97. The van der Waals surface area contributed by atoms with E-state index in [0.717, 1.165) is 29.7 Å². The molecule has 1 aliphatic rings. The molecule has 1 saturated heterocycles. The quantitative estimate of drug-likeness (QED) is 0.853. The Morgan fingerprint density at radius 2 is 2.38 bits per heavy atom. The van der Waals surface area contributed by atoms with Gasteiger partial charge >= 0.3 is 0 Å². The molecular formula is C12H15BrN2O. The van der Waals surface area contributed by atoms with Gasteiger partial charge in [0.25, 0.3) is 5.91 Å². The molecule has 1 N–H and O–H groups in total. The number of carbonyl (C=O) groups is 1. The van der Waals surface area contributed by atoms with Crippen molar-refractivity contribution < 1.29 is 4.79 Å². The van der Waals surface area contributed by atoms with E-state index in [1.54, 1.807) is 0 Å². The van der Waals surface area contributed by atoms with Gasteiger partial charge in [-0.05, 0) is 25.1 Å². The molecule has 0 aliphatic carbocycles. The van der Waals surface area contributed by atoms with Crippen LogP contribution < -0.4 is 5.32 Å². The average Bonchev–Trinajstić information content (AvgIpc) is 2.29. The van der Waals surface area contributed by atoms with Crippen molar-refractivity contribution in [2.75, 3.05) is 19.6 Å². The highest BCUT2D eigenvalue weighted by molar-refractivity contribution is 9.10. The van der Waals surface area contributed by atoms with Crippen LogP contribution in [0.4, 0.5) is 0 Å². The minimum atomic E-state index is 0.121. The van der Waals surface area contributed by atoms with Gasteiger partial charge in [0.15, 0.2) is 0 Å². The van der Waals surface area contributed by atoms with Crippen LogP contribution in [-0.4, -0.2) is 36.5 Å². The van der Waals surface area contributed by atoms with Gasteiger partial charge < -0.3 is 10.2 Å². The summed E-state index contributed by atoms with van der Waals surface area (Å²) >= 11 is 3.39. The summed E-state index contributed by atoms with van der Waals surface area (Å²) in [6, 6.07) is 7.82. The molecule has 1 fully saturated rings. The summed E-state index contributed by atoms with van der Waals surface area (Å²) in [6.45, 7) is 4.61. The van der Waals surface area contributed by atoms with Crippen LogP contribution in [0, 0.1) is 0 Å². The molecule has 0 bridgehead atoms. The predicted octanol–water partition coefficient (Wildman–Crippen LogP) is 1.88. The van der Waals surface area contributed by atoms with Gasteiger partial charge in [0.2, 0.25) is 0 Å². The first-order chi connectivity index (χ1) is 7.68. The average molecular weight is 283 g/mol. The third-order valence-corrected chi connectivity index (χ3v) is 3.33. The lowest BCUT2D eigenvalue weighted by Gasteiger charge is -2.34. The fourth-order valence-corrected chi connectivity index (χ4v) is 2.33. The summed E-state index contributed by atoms with van der Waals surface area (Å²) in [4.78, 5) is 14.2. The van der Waals surface area contributed by atoms with E-state index in [4.69, 9.17) is 0 Å². The standard InChI is InChI=1S/C12H15BrN2O/c1-9-8-14-5-6-15(9)12(16)10-3-2-4-11(13)7-10/h2-4,7,9,14H,5-6,8H2,1H3. The van der Waals surface area contributed by atoms with Crippen molar-refractivity contribution in [2.24, 2.45) is 0 Å². The second-order valence-corrected chi connectivity index (χ2v) is 4.98. The van der Waals surface area contributed by atoms with E-state index in [1.165, 1.54) is 0 Å². The molecular weight excluding hydrogens is 268 g/mol. The molecule has 16 heavy (non-hydrogen) atoms. The molecule has 3 nitrogen and oxygen atoms in total. The highest BCUT2D eigenvalue weighted by atomic mass is 79.9. The lowest BCUT2D eigenvalue weighted by atomic mass is 10.1. The molecule has 2 rings (SSSR count). The maximum Gasteiger partial charge on any atom is 0.254 e. The molecule has 1 aliphatic heterocycles. The highest BCUT2D eigenvalue weighted by Crippen LogP contribution is 2.15. The van der Waals surface area contributed by atoms with E-state index >= 15 is 0 Å². The van der Waals surface area contributed by atoms with Crippen LogP contribution in [0.2, 0.25) is 0 Å². The van der Waals surface area contributed by atoms with Crippen LogP contribution >= 0.6 is 15.9 Å². The number of amides is 1. The Hall–Kier alpha value is -0.870. The van der Waals surface area contributed by atoms with Crippen LogP contribution in [0.3, 0.4) is 0 Å². The lowest BCUT2D eigenvalue weighted by molar-refractivity contribution is 0.0655. The fraction of sp³-hybridized carbons (Fsp3) is 0.417. The molecule has 1 unspecified atom stereocenters. The third-order valence-electron chi connectivity index (χ3n) is 2.83. The summed E-state index contributed by atoms with van der Waals surface area (Å²) < 4.78 is 0.945. The van der Waals surface area contributed by atoms with Crippen molar-refractivity contribution in [1.29, 1.82) is 0 Å². The predicted molar refractivity (Wildman–Crippen MR) is 67.5 cm³/mol. The molecule has 0 aromatic heterocycles. The van der Waals surface area contributed by atoms with Crippen molar-refractivity contribution in [3.63, 3.8) is 0 Å². The minimum Gasteiger partial charge on any atom is -0.333 e. The number of carbonyl (C=O) groups excluding carboxylic acids is 1. The van der Waals surface area contributed by atoms with E-state index in [-0.39, 0.29) is 11.9 Å². The Kier molecular flexibility index (Phi) is 3.61. The molecule has 0 radical (unpaired) electrons. The number of piperazine rings is 1. The lowest BCUT2D eigenvalue weighted by Crippen LogP contribution is -2.52. The summed E-state index contributed by atoms with van der Waals surface area (Å²) in [6.07, 6.45) is 0. The topological polar surface area (TPSA) is 32.3 Å². The number of hydrogen-bond acceptors (Lipinski definition) is 2. The van der Waals surface area contributed by atoms with Gasteiger partial charge in [-0.1, -0.05) is 22.0 Å². The largest absolute Gasteiger partial charge is 0.333 e. The number of nitrogens with one attached hydrogen (secondary N) is 1. The molecule has 0 saturated carbocycles. The van der Waals surface area contributed by atoms with E-state index < -0.39 is 0 Å². The Balaban J connectivity index is 2.17. The molecule has 1 heterocycles. The normalized spacial score (nSPS) is 20.9. The van der Waals surface area contributed by atoms with Gasteiger partial charge in [0.05, 0.1) is 0 Å². The van der Waals surface area contributed by atoms with Crippen LogP contribution in [0.5, 0.6) is 0 Å². The van der Waals surface area contributed by atoms with Crippen molar-refractivity contribution in [3.8, 4) is 0 Å². The molecule has 1 aromatic carbocycles. The monoisotopic (exact) mass is 282 g/mol. The minimum absolute atomic E-state index is 0.121. The zero-order valence-corrected chi connectivity index (χ0v) is 10.8. The Morgan fingerprint density at radius 1 is 1.56 bits per heavy atom. The van der Waals surface area contributed by atoms with Gasteiger partial charge in [-0.15, -0.1) is 0 Å². The van der Waals surface area contributed by atoms with Gasteiger partial charge in [0.1, 0.15) is 0 Å². The first kappa shape index (κ1) is 11.6. The molecule has 0 spiro atoms. The molecule has 4 heteroatoms. The smallest absolute Gasteiger partial charge is 0.254 e. The van der Waals surface area contributed by atoms with Crippen LogP contribution in [-0.2, 0) is 0 Å². The fourth-order valence-electron chi connectivity index (χ4n) is 1.93. The zero-order valence-electron chi connectivity index (χ0n) is 9.24. The van der Waals surface area contributed by atoms with Crippen molar-refractivity contribution in [3.05, 3.63) is 34.3 Å². The van der Waals surface area contributed by atoms with E-state index in [0.29, 0.717) is 0 Å². The van der Waals surface area contributed by atoms with Crippen molar-refractivity contribution >= 4 is 21.8 Å². The number of benzene rings is 1. The Labute approximate surface area is 104 Å². The van der Waals surface area contributed by atoms with E-state index in [9.17, 15) is 4.79 Å². The molecule has 1 aromatic rings. The number of hydrogen-bond donors (Lipinski definition) is 1. The number of rotatable bonds is 1. The van der Waals surface area contributed by atoms with Crippen LogP contribution in [0.15, 0.2) is 28.7 Å². The van der Waals surface area contributed by atoms with Crippen molar-refractivity contribution in [2.45, 2.75) is 13.0 Å². The van der Waals surface area contributed by atoms with Gasteiger partial charge in [-0.2, -0.15) is 0 Å². The summed E-state index contributed by atoms with van der Waals surface area (Å²) in [7, 11) is 0. The summed E-state index contributed by atoms with van der Waals surface area (Å²) in [5, 5.41) is 3.28. The number of halogens is 1. The second-order valence-electron chi connectivity index (χ2n) is 4.06. The number of nitrogens with zero attached hydrogens (tertiary/aromatic N) is 1. The third kappa shape index (κ3) is 2.44. The first-order valence-corrected chi connectivity index (χ1v) is 6.25. The highest BCUT2D eigenvalue weighted by Gasteiger charge is 2.23. The SMILES string of the molecule is CC1CNCCN1C(=O)c1cccc(Br)c1. The zero-order chi connectivity index (χ0) is 11.5. The molecule has 86 valence electrons.